The number of benzene rings is 1. The van der Waals surface area contributed by atoms with Gasteiger partial charge < -0.3 is 19.9 Å². The molecular weight excluding hydrogens is 546 g/mol. The van der Waals surface area contributed by atoms with Gasteiger partial charge in [-0.05, 0) is 82.2 Å². The van der Waals surface area contributed by atoms with E-state index in [2.05, 4.69) is 27.8 Å². The van der Waals surface area contributed by atoms with E-state index in [1.165, 1.54) is 23.1 Å². The molecule has 2 amide bonds. The molecular formula is C29H37N5O4S2. The molecule has 4 rings (SSSR count). The highest BCUT2D eigenvalue weighted by atomic mass is 32.2. The van der Waals surface area contributed by atoms with Crippen molar-refractivity contribution in [1.82, 2.24) is 20.1 Å². The molecule has 2 heterocycles. The number of aryl methyl sites for hydroxylation is 3. The van der Waals surface area contributed by atoms with Gasteiger partial charge in [-0.1, -0.05) is 31.2 Å². The Morgan fingerprint density at radius 3 is 2.67 bits per heavy atom. The van der Waals surface area contributed by atoms with E-state index < -0.39 is 5.25 Å². The third kappa shape index (κ3) is 6.75. The molecule has 3 aromatic rings. The molecule has 1 aliphatic rings. The predicted molar refractivity (Wildman–Crippen MR) is 158 cm³/mol. The number of fused-ring (bicyclic) bond motifs is 1. The van der Waals surface area contributed by atoms with E-state index in [1.807, 2.05) is 43.5 Å². The summed E-state index contributed by atoms with van der Waals surface area (Å²) in [6, 6.07) is 5.63. The maximum atomic E-state index is 13.2. The Bertz CT molecular complexity index is 1400. The largest absolute Gasteiger partial charge is 0.462 e. The van der Waals surface area contributed by atoms with Crippen molar-refractivity contribution in [3.8, 4) is 0 Å². The number of hydrogen-bond acceptors (Lipinski definition) is 8. The highest BCUT2D eigenvalue weighted by Gasteiger charge is 2.29. The second-order valence-electron chi connectivity index (χ2n) is 9.92. The molecule has 9 nitrogen and oxygen atoms in total. The number of nitrogens with one attached hydrogen (secondary N) is 2. The summed E-state index contributed by atoms with van der Waals surface area (Å²) in [6.45, 7) is 10.9. The van der Waals surface area contributed by atoms with Gasteiger partial charge in [-0.25, -0.2) is 4.79 Å². The summed E-state index contributed by atoms with van der Waals surface area (Å²) in [7, 11) is 0. The molecule has 0 saturated heterocycles. The van der Waals surface area contributed by atoms with Crippen LogP contribution < -0.4 is 10.6 Å². The second kappa shape index (κ2) is 13.5. The first-order valence-electron chi connectivity index (χ1n) is 13.8. The second-order valence-corrected chi connectivity index (χ2v) is 12.3. The molecule has 1 aliphatic carbocycles. The zero-order valence-corrected chi connectivity index (χ0v) is 25.4. The van der Waals surface area contributed by atoms with Gasteiger partial charge in [0.25, 0.3) is 5.91 Å². The SMILES string of the molecule is CCCCn1c(CNC(=O)c2ccc(C)c(C)c2)nnc1S[C@H](C)C(=O)Nc1sc2c(c1C(=O)OCC)CCC2. The number of carbonyl (C=O) groups excluding carboxylic acids is 3. The van der Waals surface area contributed by atoms with Crippen molar-refractivity contribution < 1.29 is 19.1 Å². The standard InChI is InChI=1S/C29H37N5O4S2/c1-6-8-14-34-23(16-30-26(36)20-13-12-17(3)18(4)15-20)32-33-29(34)39-19(5)25(35)31-27-24(28(37)38-7-2)21-10-9-11-22(21)40-27/h12-13,15,19H,6-11,14,16H2,1-5H3,(H,30,36)(H,31,35)/t19-/m1/s1. The Morgan fingerprint density at radius 1 is 1.15 bits per heavy atom. The molecule has 0 saturated carbocycles. The third-order valence-electron chi connectivity index (χ3n) is 6.99. The quantitative estimate of drug-likeness (QED) is 0.215. The smallest absolute Gasteiger partial charge is 0.341 e. The van der Waals surface area contributed by atoms with Crippen LogP contribution in [0.2, 0.25) is 0 Å². The maximum Gasteiger partial charge on any atom is 0.341 e. The summed E-state index contributed by atoms with van der Waals surface area (Å²) in [5, 5.41) is 15.3. The van der Waals surface area contributed by atoms with Crippen LogP contribution in [0.4, 0.5) is 5.00 Å². The van der Waals surface area contributed by atoms with Crippen molar-refractivity contribution in [1.29, 1.82) is 0 Å². The van der Waals surface area contributed by atoms with Crippen molar-refractivity contribution in [2.75, 3.05) is 11.9 Å². The number of unbranched alkanes of at least 4 members (excludes halogenated alkanes) is 1. The fourth-order valence-corrected chi connectivity index (χ4v) is 6.73. The Labute approximate surface area is 243 Å². The van der Waals surface area contributed by atoms with Gasteiger partial charge in [0.1, 0.15) is 5.00 Å². The highest BCUT2D eigenvalue weighted by molar-refractivity contribution is 8.00. The van der Waals surface area contributed by atoms with E-state index in [-0.39, 0.29) is 30.9 Å². The minimum Gasteiger partial charge on any atom is -0.462 e. The lowest BCUT2D eigenvalue weighted by molar-refractivity contribution is -0.115. The van der Waals surface area contributed by atoms with Crippen molar-refractivity contribution in [3.05, 3.63) is 56.7 Å². The summed E-state index contributed by atoms with van der Waals surface area (Å²) in [6.07, 6.45) is 4.63. The van der Waals surface area contributed by atoms with E-state index in [4.69, 9.17) is 4.74 Å². The van der Waals surface area contributed by atoms with Crippen LogP contribution in [0, 0.1) is 13.8 Å². The Hall–Kier alpha value is -3.18. The third-order valence-corrected chi connectivity index (χ3v) is 9.28. The lowest BCUT2D eigenvalue weighted by Crippen LogP contribution is -2.25. The summed E-state index contributed by atoms with van der Waals surface area (Å²) in [5.41, 5.74) is 4.30. The first-order valence-corrected chi connectivity index (χ1v) is 15.5. The van der Waals surface area contributed by atoms with E-state index in [0.29, 0.717) is 33.7 Å². The number of esters is 1. The summed E-state index contributed by atoms with van der Waals surface area (Å²) in [4.78, 5) is 39.8. The molecule has 40 heavy (non-hydrogen) atoms. The topological polar surface area (TPSA) is 115 Å². The molecule has 0 spiro atoms. The van der Waals surface area contributed by atoms with Crippen LogP contribution in [0.1, 0.15) is 88.1 Å². The summed E-state index contributed by atoms with van der Waals surface area (Å²) in [5.74, 6) is -0.134. The van der Waals surface area contributed by atoms with Gasteiger partial charge in [0.2, 0.25) is 5.91 Å². The lowest BCUT2D eigenvalue weighted by atomic mass is 10.1. The number of hydrogen-bond donors (Lipinski definition) is 2. The monoisotopic (exact) mass is 583 g/mol. The minimum atomic E-state index is -0.491. The van der Waals surface area contributed by atoms with Gasteiger partial charge in [-0.15, -0.1) is 21.5 Å². The number of aromatic nitrogens is 3. The average molecular weight is 584 g/mol. The van der Waals surface area contributed by atoms with Crippen LogP contribution in [0.15, 0.2) is 23.4 Å². The molecule has 0 bridgehead atoms. The number of amides is 2. The number of rotatable bonds is 12. The van der Waals surface area contributed by atoms with Crippen LogP contribution >= 0.6 is 23.1 Å². The number of thioether (sulfide) groups is 1. The van der Waals surface area contributed by atoms with Crippen LogP contribution in [0.25, 0.3) is 0 Å². The Balaban J connectivity index is 1.45. The van der Waals surface area contributed by atoms with Gasteiger partial charge in [-0.3, -0.25) is 9.59 Å². The average Bonchev–Trinajstić information content (AvgIpc) is 3.62. The number of carbonyl (C=O) groups is 3. The molecule has 0 unspecified atom stereocenters. The molecule has 214 valence electrons. The molecule has 11 heteroatoms. The van der Waals surface area contributed by atoms with Crippen molar-refractivity contribution in [2.24, 2.45) is 0 Å². The number of anilines is 1. The molecule has 0 fully saturated rings. The van der Waals surface area contributed by atoms with Crippen LogP contribution in [0.3, 0.4) is 0 Å². The number of ether oxygens (including phenoxy) is 1. The van der Waals surface area contributed by atoms with Crippen molar-refractivity contribution >= 4 is 45.9 Å². The lowest BCUT2D eigenvalue weighted by Gasteiger charge is -2.14. The van der Waals surface area contributed by atoms with Crippen molar-refractivity contribution in [3.63, 3.8) is 0 Å². The molecule has 2 aromatic heterocycles. The van der Waals surface area contributed by atoms with E-state index in [9.17, 15) is 14.4 Å². The molecule has 1 aromatic carbocycles. The Morgan fingerprint density at radius 2 is 1.95 bits per heavy atom. The predicted octanol–water partition coefficient (Wildman–Crippen LogP) is 5.47. The fourth-order valence-electron chi connectivity index (χ4n) is 4.56. The van der Waals surface area contributed by atoms with Gasteiger partial charge in [0.15, 0.2) is 11.0 Å². The highest BCUT2D eigenvalue weighted by Crippen LogP contribution is 2.40. The number of nitrogens with zero attached hydrogens (tertiary/aromatic N) is 3. The van der Waals surface area contributed by atoms with Gasteiger partial charge in [0.05, 0.1) is 24.0 Å². The zero-order valence-electron chi connectivity index (χ0n) is 23.8. The van der Waals surface area contributed by atoms with Crippen LogP contribution in [0.5, 0.6) is 0 Å². The minimum absolute atomic E-state index is 0.171. The first kappa shape index (κ1) is 29.8. The molecule has 2 N–H and O–H groups in total. The molecule has 1 atom stereocenters. The number of thiophene rings is 1. The van der Waals surface area contributed by atoms with E-state index in [1.54, 1.807) is 6.92 Å². The van der Waals surface area contributed by atoms with Crippen LogP contribution in [-0.2, 0) is 35.5 Å². The first-order chi connectivity index (χ1) is 19.2. The van der Waals surface area contributed by atoms with E-state index in [0.717, 1.165) is 53.7 Å². The van der Waals surface area contributed by atoms with Gasteiger partial charge >= 0.3 is 5.97 Å². The normalized spacial score (nSPS) is 13.1. The van der Waals surface area contributed by atoms with Crippen molar-refractivity contribution in [2.45, 2.75) is 90.2 Å². The zero-order chi connectivity index (χ0) is 28.8. The summed E-state index contributed by atoms with van der Waals surface area (Å²) < 4.78 is 7.26. The van der Waals surface area contributed by atoms with Crippen LogP contribution in [-0.4, -0.2) is 44.4 Å². The summed E-state index contributed by atoms with van der Waals surface area (Å²) >= 11 is 2.78. The van der Waals surface area contributed by atoms with E-state index >= 15 is 0 Å². The molecule has 0 radical (unpaired) electrons. The Kier molecular flexibility index (Phi) is 10.0. The van der Waals surface area contributed by atoms with Gasteiger partial charge in [0, 0.05) is 17.0 Å². The maximum absolute atomic E-state index is 13.2. The fraction of sp³-hybridized carbons (Fsp3) is 0.483. The van der Waals surface area contributed by atoms with Gasteiger partial charge in [-0.2, -0.15) is 0 Å². The molecule has 0 aliphatic heterocycles.